The molecule has 6 nitrogen and oxygen atoms in total. The van der Waals surface area contributed by atoms with Crippen molar-refractivity contribution in [1.29, 1.82) is 0 Å². The molecule has 0 aromatic rings. The zero-order valence-electron chi connectivity index (χ0n) is 12.2. The summed E-state index contributed by atoms with van der Waals surface area (Å²) < 4.78 is 9.16. The van der Waals surface area contributed by atoms with E-state index in [0.29, 0.717) is 0 Å². The zero-order chi connectivity index (χ0) is 15.2. The smallest absolute Gasteiger partial charge is 0.450 e. The molecule has 0 aliphatic carbocycles. The molecule has 0 aliphatic heterocycles. The number of rotatable bonds is 12. The van der Waals surface area contributed by atoms with E-state index >= 15 is 0 Å². The molecule has 1 unspecified atom stereocenters. The highest BCUT2D eigenvalue weighted by atomic mass is 16.7. The molecular formula is C14H26O6. The number of carboxylic acid groups (broad SMARTS) is 2. The van der Waals surface area contributed by atoms with Gasteiger partial charge in [0.15, 0.2) is 0 Å². The Morgan fingerprint density at radius 2 is 1.45 bits per heavy atom. The summed E-state index contributed by atoms with van der Waals surface area (Å²) in [6.45, 7) is 2.20. The van der Waals surface area contributed by atoms with Gasteiger partial charge in [-0.2, -0.15) is 0 Å². The fourth-order valence-corrected chi connectivity index (χ4v) is 2.01. The fourth-order valence-electron chi connectivity index (χ4n) is 2.01. The number of ether oxygens (including phenoxy) is 2. The maximum absolute atomic E-state index is 10.4. The molecule has 0 aromatic carbocycles. The first-order chi connectivity index (χ1) is 9.56. The van der Waals surface area contributed by atoms with Crippen LogP contribution in [0.15, 0.2) is 0 Å². The van der Waals surface area contributed by atoms with Crippen LogP contribution in [0.5, 0.6) is 0 Å². The van der Waals surface area contributed by atoms with Crippen LogP contribution in [-0.2, 0) is 9.47 Å². The van der Waals surface area contributed by atoms with E-state index in [0.717, 1.165) is 57.8 Å². The lowest BCUT2D eigenvalue weighted by Gasteiger charge is -2.13. The first-order valence-corrected chi connectivity index (χ1v) is 7.31. The molecule has 20 heavy (non-hydrogen) atoms. The maximum Gasteiger partial charge on any atom is 0.506 e. The van der Waals surface area contributed by atoms with Crippen molar-refractivity contribution in [1.82, 2.24) is 0 Å². The molecule has 2 N–H and O–H groups in total. The molecule has 1 atom stereocenters. The van der Waals surface area contributed by atoms with Gasteiger partial charge in [0.05, 0.1) is 6.61 Å². The van der Waals surface area contributed by atoms with Gasteiger partial charge in [-0.25, -0.2) is 9.59 Å². The quantitative estimate of drug-likeness (QED) is 0.411. The molecule has 0 radical (unpaired) electrons. The van der Waals surface area contributed by atoms with Crippen molar-refractivity contribution >= 4 is 12.3 Å². The second kappa shape index (κ2) is 12.6. The topological polar surface area (TPSA) is 93.1 Å². The van der Waals surface area contributed by atoms with E-state index in [9.17, 15) is 9.59 Å². The first-order valence-electron chi connectivity index (χ1n) is 7.31. The highest BCUT2D eigenvalue weighted by Crippen LogP contribution is 2.13. The van der Waals surface area contributed by atoms with Crippen molar-refractivity contribution in [3.8, 4) is 0 Å². The van der Waals surface area contributed by atoms with Crippen LogP contribution in [-0.4, -0.2) is 35.2 Å². The van der Waals surface area contributed by atoms with Crippen LogP contribution in [0.3, 0.4) is 0 Å². The molecule has 0 spiro atoms. The van der Waals surface area contributed by atoms with Crippen molar-refractivity contribution in [2.24, 2.45) is 0 Å². The summed E-state index contributed by atoms with van der Waals surface area (Å²) >= 11 is 0. The van der Waals surface area contributed by atoms with Gasteiger partial charge in [-0.1, -0.05) is 39.0 Å². The second-order valence-corrected chi connectivity index (χ2v) is 4.79. The lowest BCUT2D eigenvalue weighted by atomic mass is 10.1. The minimum atomic E-state index is -1.21. The van der Waals surface area contributed by atoms with Crippen molar-refractivity contribution in [3.05, 3.63) is 0 Å². The highest BCUT2D eigenvalue weighted by molar-refractivity contribution is 5.57. The molecule has 0 fully saturated rings. The molecule has 0 amide bonds. The van der Waals surface area contributed by atoms with Gasteiger partial charge in [-0.15, -0.1) is 0 Å². The zero-order valence-corrected chi connectivity index (χ0v) is 12.2. The van der Waals surface area contributed by atoms with Crippen LogP contribution >= 0.6 is 0 Å². The number of hydrogen-bond donors (Lipinski definition) is 2. The third-order valence-corrected chi connectivity index (χ3v) is 3.12. The van der Waals surface area contributed by atoms with Crippen molar-refractivity contribution < 1.29 is 29.3 Å². The number of hydrogen-bond acceptors (Lipinski definition) is 4. The third-order valence-electron chi connectivity index (χ3n) is 3.12. The van der Waals surface area contributed by atoms with E-state index in [-0.39, 0.29) is 12.7 Å². The SMILES string of the molecule is CCC(CCCCCCCCCOC(=O)O)OC(=O)O. The standard InChI is InChI=1S/C14H26O6/c1-2-12(20-14(17)18)10-8-6-4-3-5-7-9-11-19-13(15)16/h12H,2-11H2,1H3,(H,15,16)(H,17,18). The first kappa shape index (κ1) is 18.5. The van der Waals surface area contributed by atoms with E-state index in [1.807, 2.05) is 6.92 Å². The highest BCUT2D eigenvalue weighted by Gasteiger charge is 2.10. The van der Waals surface area contributed by atoms with Crippen molar-refractivity contribution in [2.45, 2.75) is 70.8 Å². The Bertz CT molecular complexity index is 266. The van der Waals surface area contributed by atoms with Crippen LogP contribution in [0.25, 0.3) is 0 Å². The Hall–Kier alpha value is -1.46. The number of carbonyl (C=O) groups is 2. The predicted molar refractivity (Wildman–Crippen MR) is 74.1 cm³/mol. The van der Waals surface area contributed by atoms with Gasteiger partial charge in [-0.3, -0.25) is 0 Å². The average molecular weight is 290 g/mol. The average Bonchev–Trinajstić information content (AvgIpc) is 2.38. The Balaban J connectivity index is 3.27. The normalized spacial score (nSPS) is 11.8. The largest absolute Gasteiger partial charge is 0.506 e. The minimum Gasteiger partial charge on any atom is -0.450 e. The molecule has 0 heterocycles. The molecule has 0 bridgehead atoms. The maximum atomic E-state index is 10.4. The van der Waals surface area contributed by atoms with Crippen LogP contribution in [0.4, 0.5) is 9.59 Å². The van der Waals surface area contributed by atoms with E-state index in [1.54, 1.807) is 0 Å². The summed E-state index contributed by atoms with van der Waals surface area (Å²) in [5.74, 6) is 0. The lowest BCUT2D eigenvalue weighted by molar-refractivity contribution is 0.0454. The van der Waals surface area contributed by atoms with Crippen LogP contribution < -0.4 is 0 Å². The van der Waals surface area contributed by atoms with Crippen molar-refractivity contribution in [2.75, 3.05) is 6.61 Å². The summed E-state index contributed by atoms with van der Waals surface area (Å²) in [4.78, 5) is 20.5. The Morgan fingerprint density at radius 3 is 1.95 bits per heavy atom. The summed E-state index contributed by atoms with van der Waals surface area (Å²) in [6, 6.07) is 0. The van der Waals surface area contributed by atoms with Gasteiger partial charge in [0, 0.05) is 0 Å². The molecule has 118 valence electrons. The molecule has 0 saturated heterocycles. The van der Waals surface area contributed by atoms with Gasteiger partial charge in [0.25, 0.3) is 0 Å². The van der Waals surface area contributed by atoms with Gasteiger partial charge in [0.2, 0.25) is 0 Å². The summed E-state index contributed by atoms with van der Waals surface area (Å²) in [6.07, 6.45) is 6.03. The Morgan fingerprint density at radius 1 is 0.900 bits per heavy atom. The van der Waals surface area contributed by atoms with Crippen molar-refractivity contribution in [3.63, 3.8) is 0 Å². The predicted octanol–water partition coefficient (Wildman–Crippen LogP) is 4.28. The molecule has 0 aliphatic rings. The van der Waals surface area contributed by atoms with Crippen LogP contribution in [0, 0.1) is 0 Å². The molecular weight excluding hydrogens is 264 g/mol. The van der Waals surface area contributed by atoms with Gasteiger partial charge in [-0.05, 0) is 25.7 Å². The molecule has 6 heteroatoms. The molecule has 0 rings (SSSR count). The summed E-state index contributed by atoms with van der Waals surface area (Å²) in [5.41, 5.74) is 0. The number of unbranched alkanes of at least 4 members (excludes halogenated alkanes) is 6. The second-order valence-electron chi connectivity index (χ2n) is 4.79. The van der Waals surface area contributed by atoms with Crippen LogP contribution in [0.1, 0.15) is 64.7 Å². The fraction of sp³-hybridized carbons (Fsp3) is 0.857. The Labute approximate surface area is 120 Å². The van der Waals surface area contributed by atoms with Gasteiger partial charge >= 0.3 is 12.3 Å². The molecule has 0 aromatic heterocycles. The van der Waals surface area contributed by atoms with Crippen LogP contribution in [0.2, 0.25) is 0 Å². The van der Waals surface area contributed by atoms with Gasteiger partial charge in [0.1, 0.15) is 6.10 Å². The monoisotopic (exact) mass is 290 g/mol. The van der Waals surface area contributed by atoms with E-state index in [2.05, 4.69) is 4.74 Å². The lowest BCUT2D eigenvalue weighted by Crippen LogP contribution is -2.15. The molecule has 0 saturated carbocycles. The summed E-state index contributed by atoms with van der Waals surface area (Å²) in [7, 11) is 0. The third kappa shape index (κ3) is 13.0. The summed E-state index contributed by atoms with van der Waals surface area (Å²) in [5, 5.41) is 16.8. The minimum absolute atomic E-state index is 0.180. The van der Waals surface area contributed by atoms with Gasteiger partial charge < -0.3 is 19.7 Å². The van der Waals surface area contributed by atoms with E-state index < -0.39 is 12.3 Å². The van der Waals surface area contributed by atoms with E-state index in [4.69, 9.17) is 14.9 Å². The Kier molecular flexibility index (Phi) is 11.7. The van der Waals surface area contributed by atoms with E-state index in [1.165, 1.54) is 0 Å².